The molecule has 7 aliphatic carbocycles. The van der Waals surface area contributed by atoms with Gasteiger partial charge in [-0.25, -0.2) is 0 Å². The van der Waals surface area contributed by atoms with Crippen molar-refractivity contribution in [1.29, 1.82) is 0 Å². The molecular formula is C43H34N2O. The lowest BCUT2D eigenvalue weighted by molar-refractivity contribution is 0.0408. The van der Waals surface area contributed by atoms with Crippen LogP contribution in [0.4, 0.5) is 0 Å². The molecule has 1 saturated carbocycles. The first kappa shape index (κ1) is 26.4. The van der Waals surface area contributed by atoms with E-state index >= 15 is 0 Å². The molecule has 2 aromatic heterocycles. The highest BCUT2D eigenvalue weighted by molar-refractivity contribution is 5.74. The SMILES string of the molecule is Cc1ccnc(-c2cc(COC3CC45c6ccccc6C(c6ccccc64)C4c6ccccc6C5(C3)c3ccccc34)ccn2)c1. The molecule has 2 spiro atoms. The summed E-state index contributed by atoms with van der Waals surface area (Å²) in [5.41, 5.74) is 15.5. The van der Waals surface area contributed by atoms with E-state index < -0.39 is 0 Å². The third-order valence-corrected chi connectivity index (χ3v) is 11.6. The molecule has 222 valence electrons. The Morgan fingerprint density at radius 2 is 1.00 bits per heavy atom. The molecule has 4 bridgehead atoms. The number of ether oxygens (including phenoxy) is 1. The Morgan fingerprint density at radius 1 is 0.565 bits per heavy atom. The Hall–Kier alpha value is -4.86. The van der Waals surface area contributed by atoms with Crippen LogP contribution in [0.5, 0.6) is 0 Å². The van der Waals surface area contributed by atoms with Crippen LogP contribution in [-0.2, 0) is 22.2 Å². The minimum absolute atomic E-state index is 0.0575. The van der Waals surface area contributed by atoms with E-state index in [1.54, 1.807) is 0 Å². The Bertz CT molecular complexity index is 1980. The largest absolute Gasteiger partial charge is 0.373 e. The molecule has 0 atom stereocenters. The summed E-state index contributed by atoms with van der Waals surface area (Å²) in [6.45, 7) is 2.63. The van der Waals surface area contributed by atoms with Gasteiger partial charge in [0.25, 0.3) is 0 Å². The molecule has 13 rings (SSSR count). The second-order valence-corrected chi connectivity index (χ2v) is 13.7. The van der Waals surface area contributed by atoms with E-state index in [9.17, 15) is 0 Å². The van der Waals surface area contributed by atoms with Crippen molar-refractivity contribution in [2.24, 2.45) is 0 Å². The summed E-state index contributed by atoms with van der Waals surface area (Å²) < 4.78 is 7.08. The predicted molar refractivity (Wildman–Crippen MR) is 181 cm³/mol. The fourth-order valence-corrected chi connectivity index (χ4v) is 10.1. The van der Waals surface area contributed by atoms with Gasteiger partial charge in [0.1, 0.15) is 0 Å². The number of hydrogen-bond acceptors (Lipinski definition) is 3. The average molecular weight is 595 g/mol. The molecule has 0 radical (unpaired) electrons. The Balaban J connectivity index is 1.17. The summed E-state index contributed by atoms with van der Waals surface area (Å²) in [5.74, 6) is 0.535. The van der Waals surface area contributed by atoms with Crippen LogP contribution in [0.2, 0.25) is 0 Å². The van der Waals surface area contributed by atoms with Crippen molar-refractivity contribution in [3.8, 4) is 11.4 Å². The van der Waals surface area contributed by atoms with Crippen molar-refractivity contribution < 1.29 is 4.74 Å². The maximum atomic E-state index is 7.08. The second-order valence-electron chi connectivity index (χ2n) is 13.7. The lowest BCUT2D eigenvalue weighted by Crippen LogP contribution is -2.55. The number of aromatic nitrogens is 2. The van der Waals surface area contributed by atoms with Crippen LogP contribution in [0, 0.1) is 6.92 Å². The van der Waals surface area contributed by atoms with Gasteiger partial charge in [0.15, 0.2) is 0 Å². The Morgan fingerprint density at radius 3 is 1.48 bits per heavy atom. The van der Waals surface area contributed by atoms with Crippen molar-refractivity contribution in [3.05, 3.63) is 189 Å². The maximum absolute atomic E-state index is 7.08. The van der Waals surface area contributed by atoms with Gasteiger partial charge in [-0.1, -0.05) is 97.1 Å². The number of rotatable bonds is 4. The summed E-state index contributed by atoms with van der Waals surface area (Å²) >= 11 is 0. The minimum Gasteiger partial charge on any atom is -0.373 e. The van der Waals surface area contributed by atoms with Gasteiger partial charge in [0, 0.05) is 35.1 Å². The molecule has 0 N–H and O–H groups in total. The van der Waals surface area contributed by atoms with Gasteiger partial charge in [-0.3, -0.25) is 9.97 Å². The monoisotopic (exact) mass is 594 g/mol. The minimum atomic E-state index is -0.256. The van der Waals surface area contributed by atoms with Crippen LogP contribution < -0.4 is 0 Å². The summed E-state index contributed by atoms with van der Waals surface area (Å²) in [5, 5.41) is 0. The third-order valence-electron chi connectivity index (χ3n) is 11.6. The molecule has 1 fully saturated rings. The van der Waals surface area contributed by atoms with E-state index in [0.717, 1.165) is 29.8 Å². The molecular weight excluding hydrogens is 560 g/mol. The van der Waals surface area contributed by atoms with Crippen LogP contribution >= 0.6 is 0 Å². The van der Waals surface area contributed by atoms with E-state index in [0.29, 0.717) is 6.61 Å². The summed E-state index contributed by atoms with van der Waals surface area (Å²) in [7, 11) is 0. The first-order valence-electron chi connectivity index (χ1n) is 16.6. The smallest absolute Gasteiger partial charge is 0.0889 e. The van der Waals surface area contributed by atoms with E-state index in [1.165, 1.54) is 50.1 Å². The van der Waals surface area contributed by atoms with E-state index in [1.807, 2.05) is 18.5 Å². The molecule has 3 nitrogen and oxygen atoms in total. The fraction of sp³-hybridized carbons (Fsp3) is 0.209. The van der Waals surface area contributed by atoms with E-state index in [4.69, 9.17) is 4.74 Å². The van der Waals surface area contributed by atoms with Crippen LogP contribution in [0.25, 0.3) is 11.4 Å². The third kappa shape index (κ3) is 3.31. The van der Waals surface area contributed by atoms with Gasteiger partial charge in [-0.05, 0) is 99.7 Å². The zero-order valence-corrected chi connectivity index (χ0v) is 25.9. The average Bonchev–Trinajstić information content (AvgIpc) is 3.42. The predicted octanol–water partition coefficient (Wildman–Crippen LogP) is 9.01. The van der Waals surface area contributed by atoms with Gasteiger partial charge in [0.2, 0.25) is 0 Å². The lowest BCUT2D eigenvalue weighted by Gasteiger charge is -2.60. The van der Waals surface area contributed by atoms with Gasteiger partial charge in [0.05, 0.1) is 24.1 Å². The summed E-state index contributed by atoms with van der Waals surface area (Å²) in [6.07, 6.45) is 5.66. The van der Waals surface area contributed by atoms with Gasteiger partial charge < -0.3 is 4.74 Å². The molecule has 0 saturated heterocycles. The Kier molecular flexibility index (Phi) is 5.49. The molecule has 0 amide bonds. The van der Waals surface area contributed by atoms with Gasteiger partial charge in [-0.15, -0.1) is 0 Å². The van der Waals surface area contributed by atoms with Crippen LogP contribution in [0.15, 0.2) is 134 Å². The molecule has 0 aliphatic heterocycles. The number of pyridine rings is 2. The summed E-state index contributed by atoms with van der Waals surface area (Å²) in [6, 6.07) is 45.8. The number of benzene rings is 4. The zero-order chi connectivity index (χ0) is 30.5. The van der Waals surface area contributed by atoms with Crippen LogP contribution in [0.1, 0.15) is 80.3 Å². The van der Waals surface area contributed by atoms with Crippen molar-refractivity contribution in [2.75, 3.05) is 0 Å². The molecule has 2 heterocycles. The van der Waals surface area contributed by atoms with Gasteiger partial charge in [-0.2, -0.15) is 0 Å². The van der Waals surface area contributed by atoms with Crippen LogP contribution in [0.3, 0.4) is 0 Å². The first-order valence-corrected chi connectivity index (χ1v) is 16.6. The highest BCUT2D eigenvalue weighted by Gasteiger charge is 2.69. The highest BCUT2D eigenvalue weighted by Crippen LogP contribution is 2.73. The zero-order valence-electron chi connectivity index (χ0n) is 25.9. The molecule has 4 aromatic carbocycles. The normalized spacial score (nSPS) is 25.9. The van der Waals surface area contributed by atoms with Crippen molar-refractivity contribution in [3.63, 3.8) is 0 Å². The Labute approximate surface area is 270 Å². The topological polar surface area (TPSA) is 35.0 Å². The lowest BCUT2D eigenvalue weighted by atomic mass is 9.42. The molecule has 6 aromatic rings. The van der Waals surface area contributed by atoms with Crippen molar-refractivity contribution >= 4 is 0 Å². The first-order chi connectivity index (χ1) is 22.7. The summed E-state index contributed by atoms with van der Waals surface area (Å²) in [4.78, 5) is 9.24. The standard InChI is InChI=1S/C43H34N2O/c1-27-18-20-44-38(22-27)39-23-28(19-21-45-39)26-46-29-24-42-34-14-6-2-10-30(34)40(31-11-3-7-15-35(31)42)41-32-12-4-8-16-36(32)43(42,25-29)37-17-9-5-13-33(37)41/h2-23,29,40-41H,24-26H2,1H3. The number of nitrogens with zero attached hydrogens (tertiary/aromatic N) is 2. The van der Waals surface area contributed by atoms with Crippen LogP contribution in [-0.4, -0.2) is 16.1 Å². The second kappa shape index (κ2) is 9.57. The van der Waals surface area contributed by atoms with Crippen molar-refractivity contribution in [1.82, 2.24) is 9.97 Å². The fourth-order valence-electron chi connectivity index (χ4n) is 10.1. The van der Waals surface area contributed by atoms with E-state index in [-0.39, 0.29) is 28.8 Å². The maximum Gasteiger partial charge on any atom is 0.0889 e. The molecule has 7 aliphatic rings. The van der Waals surface area contributed by atoms with E-state index in [2.05, 4.69) is 132 Å². The molecule has 0 unspecified atom stereocenters. The molecule has 3 heteroatoms. The van der Waals surface area contributed by atoms with Crippen molar-refractivity contribution in [2.45, 2.75) is 55.1 Å². The molecule has 46 heavy (non-hydrogen) atoms. The van der Waals surface area contributed by atoms with Gasteiger partial charge >= 0.3 is 0 Å². The number of hydrogen-bond donors (Lipinski definition) is 0. The quantitative estimate of drug-likeness (QED) is 0.204. The number of aryl methyl sites for hydroxylation is 1. The highest BCUT2D eigenvalue weighted by atomic mass is 16.5.